The molecule has 0 amide bonds. The molecule has 0 unspecified atom stereocenters. The summed E-state index contributed by atoms with van der Waals surface area (Å²) < 4.78 is 22.9. The molecule has 0 N–H and O–H groups in total. The molecule has 25 heavy (non-hydrogen) atoms. The molecule has 1 aromatic rings. The van der Waals surface area contributed by atoms with Crippen molar-refractivity contribution < 1.29 is 28.5 Å². The van der Waals surface area contributed by atoms with E-state index in [2.05, 4.69) is 0 Å². The Hall–Kier alpha value is -2.19. The summed E-state index contributed by atoms with van der Waals surface area (Å²) in [5.41, 5.74) is -0.496. The van der Waals surface area contributed by atoms with Crippen LogP contribution in [0.5, 0.6) is 5.75 Å². The Morgan fingerprint density at radius 1 is 1.36 bits per heavy atom. The highest BCUT2D eigenvalue weighted by Crippen LogP contribution is 2.35. The third-order valence-electron chi connectivity index (χ3n) is 3.64. The van der Waals surface area contributed by atoms with Crippen molar-refractivity contribution in [2.45, 2.75) is 52.7 Å². The number of ether oxygens (including phenoxy) is 4. The third-order valence-corrected chi connectivity index (χ3v) is 3.64. The summed E-state index contributed by atoms with van der Waals surface area (Å²) in [6.45, 7) is 5.70. The van der Waals surface area contributed by atoms with Crippen molar-refractivity contribution >= 4 is 12.3 Å². The Balaban J connectivity index is 2.53. The zero-order chi connectivity index (χ0) is 18.4. The molecule has 0 spiro atoms. The predicted octanol–water partition coefficient (Wildman–Crippen LogP) is 1.79. The van der Waals surface area contributed by atoms with Crippen molar-refractivity contribution in [3.05, 3.63) is 27.7 Å². The van der Waals surface area contributed by atoms with Crippen molar-refractivity contribution in [2.24, 2.45) is 0 Å². The second-order valence-corrected chi connectivity index (χ2v) is 5.50. The predicted molar refractivity (Wildman–Crippen MR) is 87.5 cm³/mol. The molecule has 2 rings (SSSR count). The summed E-state index contributed by atoms with van der Waals surface area (Å²) in [6.07, 6.45) is 2.31. The van der Waals surface area contributed by atoms with Gasteiger partial charge in [-0.25, -0.2) is 4.79 Å². The molecule has 1 fully saturated rings. The molecule has 0 aliphatic carbocycles. The lowest BCUT2D eigenvalue weighted by Crippen LogP contribution is -2.36. The lowest BCUT2D eigenvalue weighted by molar-refractivity contribution is -0.385. The van der Waals surface area contributed by atoms with Crippen molar-refractivity contribution in [2.75, 3.05) is 13.2 Å². The van der Waals surface area contributed by atoms with Gasteiger partial charge in [0.2, 0.25) is 11.7 Å². The summed E-state index contributed by atoms with van der Waals surface area (Å²) >= 11 is 0. The zero-order valence-corrected chi connectivity index (χ0v) is 14.6. The normalized spacial score (nSPS) is 19.2. The number of aromatic nitrogens is 1. The van der Waals surface area contributed by atoms with Crippen molar-refractivity contribution in [1.29, 1.82) is 0 Å². The van der Waals surface area contributed by atoms with Crippen LogP contribution < -0.4 is 10.2 Å². The van der Waals surface area contributed by atoms with E-state index in [0.29, 0.717) is 18.6 Å². The molecule has 1 aromatic heterocycles. The Kier molecular flexibility index (Phi) is 6.72. The maximum absolute atomic E-state index is 12.7. The van der Waals surface area contributed by atoms with Gasteiger partial charge < -0.3 is 28.3 Å². The Morgan fingerprint density at radius 3 is 2.64 bits per heavy atom. The van der Waals surface area contributed by atoms with Gasteiger partial charge in [-0.1, -0.05) is 13.3 Å². The van der Waals surface area contributed by atoms with E-state index >= 15 is 0 Å². The van der Waals surface area contributed by atoms with E-state index in [1.54, 1.807) is 13.8 Å². The van der Waals surface area contributed by atoms with Crippen LogP contribution in [0.3, 0.4) is 0 Å². The fourth-order valence-electron chi connectivity index (χ4n) is 2.43. The van der Waals surface area contributed by atoms with Gasteiger partial charge in [0.05, 0.1) is 19.8 Å². The lowest BCUT2D eigenvalue weighted by Gasteiger charge is -2.35. The first-order valence-corrected chi connectivity index (χ1v) is 8.35. The quantitative estimate of drug-likeness (QED) is 0.379. The van der Waals surface area contributed by atoms with Crippen LogP contribution in [-0.2, 0) is 25.5 Å². The average molecular weight is 353 g/mol. The van der Waals surface area contributed by atoms with Gasteiger partial charge in [-0.15, -0.1) is 0 Å². The first-order chi connectivity index (χ1) is 12.0. The van der Waals surface area contributed by atoms with E-state index in [4.69, 9.17) is 18.9 Å². The lowest BCUT2D eigenvalue weighted by atomic mass is 10.2. The van der Waals surface area contributed by atoms with Gasteiger partial charge in [0.1, 0.15) is 17.5 Å². The molecule has 0 atom stereocenters. The molecule has 0 saturated carbocycles. The molecule has 1 saturated heterocycles. The fourth-order valence-corrected chi connectivity index (χ4v) is 2.43. The van der Waals surface area contributed by atoms with Crippen molar-refractivity contribution in [3.8, 4) is 5.75 Å². The van der Waals surface area contributed by atoms with E-state index in [-0.39, 0.29) is 24.5 Å². The third kappa shape index (κ3) is 4.26. The maximum atomic E-state index is 12.7. The number of pyridine rings is 1. The second kappa shape index (κ2) is 8.77. The number of unbranched alkanes of at least 4 members (excludes halogenated alkanes) is 1. The van der Waals surface area contributed by atoms with Crippen LogP contribution in [0.25, 0.3) is 0 Å². The van der Waals surface area contributed by atoms with Crippen molar-refractivity contribution in [3.63, 3.8) is 0 Å². The monoisotopic (exact) mass is 353 g/mol. The SMILES string of the molecule is CCCCOc1c(C2OC(C)O2)n(CC=O)cc(C(=O)OCC)c1=O. The summed E-state index contributed by atoms with van der Waals surface area (Å²) in [7, 11) is 0. The highest BCUT2D eigenvalue weighted by molar-refractivity contribution is 5.89. The molecule has 2 heterocycles. The molecule has 1 aliphatic heterocycles. The fraction of sp³-hybridized carbons (Fsp3) is 0.588. The van der Waals surface area contributed by atoms with E-state index < -0.39 is 24.0 Å². The van der Waals surface area contributed by atoms with Gasteiger partial charge in [0, 0.05) is 6.20 Å². The van der Waals surface area contributed by atoms with Gasteiger partial charge in [-0.05, 0) is 20.3 Å². The van der Waals surface area contributed by atoms with Crippen LogP contribution in [0.1, 0.15) is 56.0 Å². The maximum Gasteiger partial charge on any atom is 0.343 e. The zero-order valence-electron chi connectivity index (χ0n) is 14.6. The van der Waals surface area contributed by atoms with Crippen LogP contribution in [0.4, 0.5) is 0 Å². The van der Waals surface area contributed by atoms with E-state index in [1.165, 1.54) is 10.8 Å². The number of carbonyl (C=O) groups is 2. The number of hydrogen-bond donors (Lipinski definition) is 0. The standard InChI is InChI=1S/C17H23NO7/c1-4-6-9-23-15-13(17-24-11(3)25-17)18(7-8-19)10-12(14(15)20)16(21)22-5-2/h8,10-11,17H,4-7,9H2,1-3H3. The van der Waals surface area contributed by atoms with Gasteiger partial charge in [-0.2, -0.15) is 0 Å². The topological polar surface area (TPSA) is 93.1 Å². The van der Waals surface area contributed by atoms with Crippen LogP contribution in [0.15, 0.2) is 11.0 Å². The minimum Gasteiger partial charge on any atom is -0.488 e. The molecule has 8 nitrogen and oxygen atoms in total. The van der Waals surface area contributed by atoms with Crippen LogP contribution in [-0.4, -0.2) is 36.3 Å². The van der Waals surface area contributed by atoms with Crippen LogP contribution in [0, 0.1) is 0 Å². The summed E-state index contributed by atoms with van der Waals surface area (Å²) in [4.78, 5) is 35.9. The molecule has 0 aromatic carbocycles. The minimum absolute atomic E-state index is 0.0437. The van der Waals surface area contributed by atoms with Gasteiger partial charge in [-0.3, -0.25) is 4.79 Å². The number of carbonyl (C=O) groups excluding carboxylic acids is 2. The van der Waals surface area contributed by atoms with E-state index in [1.807, 2.05) is 6.92 Å². The Labute approximate surface area is 145 Å². The van der Waals surface area contributed by atoms with Gasteiger partial charge >= 0.3 is 5.97 Å². The number of nitrogens with zero attached hydrogens (tertiary/aromatic N) is 1. The number of aldehydes is 1. The summed E-state index contributed by atoms with van der Waals surface area (Å²) in [5.74, 6) is -0.805. The average Bonchev–Trinajstić information content (AvgIpc) is 2.55. The van der Waals surface area contributed by atoms with Gasteiger partial charge in [0.15, 0.2) is 12.0 Å². The molecule has 138 valence electrons. The Morgan fingerprint density at radius 2 is 2.08 bits per heavy atom. The minimum atomic E-state index is -0.824. The van der Waals surface area contributed by atoms with Crippen LogP contribution in [0.2, 0.25) is 0 Å². The molecular weight excluding hydrogens is 330 g/mol. The van der Waals surface area contributed by atoms with E-state index in [0.717, 1.165) is 12.8 Å². The first-order valence-electron chi connectivity index (χ1n) is 8.35. The molecule has 8 heteroatoms. The molecule has 0 bridgehead atoms. The number of hydrogen-bond acceptors (Lipinski definition) is 7. The Bertz CT molecular complexity index is 676. The molecule has 1 aliphatic rings. The smallest absolute Gasteiger partial charge is 0.343 e. The van der Waals surface area contributed by atoms with Crippen LogP contribution >= 0.6 is 0 Å². The summed E-state index contributed by atoms with van der Waals surface area (Å²) in [5, 5.41) is 0. The van der Waals surface area contributed by atoms with E-state index in [9.17, 15) is 14.4 Å². The first kappa shape index (κ1) is 19.1. The largest absolute Gasteiger partial charge is 0.488 e. The van der Waals surface area contributed by atoms with Gasteiger partial charge in [0.25, 0.3) is 0 Å². The molecule has 0 radical (unpaired) electrons. The highest BCUT2D eigenvalue weighted by Gasteiger charge is 2.36. The number of esters is 1. The van der Waals surface area contributed by atoms with Crippen molar-refractivity contribution in [1.82, 2.24) is 4.57 Å². The summed E-state index contributed by atoms with van der Waals surface area (Å²) in [6, 6.07) is 0. The highest BCUT2D eigenvalue weighted by atomic mass is 16.9. The molecular formula is C17H23NO7. The number of rotatable bonds is 9. The second-order valence-electron chi connectivity index (χ2n) is 5.50.